The maximum absolute atomic E-state index is 12.6. The number of nitrogens with zero attached hydrogens (tertiary/aromatic N) is 1. The Morgan fingerprint density at radius 2 is 1.43 bits per heavy atom. The van der Waals surface area contributed by atoms with E-state index in [9.17, 15) is 4.79 Å². The van der Waals surface area contributed by atoms with Crippen molar-refractivity contribution in [3.05, 3.63) is 35.4 Å². The Labute approximate surface area is 141 Å². The van der Waals surface area contributed by atoms with E-state index in [1.165, 1.54) is 5.56 Å². The number of nitrogens with two attached hydrogens (primary N) is 1. The van der Waals surface area contributed by atoms with Crippen LogP contribution in [-0.4, -0.2) is 16.3 Å². The summed E-state index contributed by atoms with van der Waals surface area (Å²) in [4.78, 5) is 14.7. The Bertz CT molecular complexity index is 507. The topological polar surface area (TPSA) is 46.1 Å². The summed E-state index contributed by atoms with van der Waals surface area (Å²) >= 11 is 0. The van der Waals surface area contributed by atoms with Crippen molar-refractivity contribution in [2.75, 3.05) is 0 Å². The maximum Gasteiger partial charge on any atom is 0.249 e. The molecule has 0 spiro atoms. The fourth-order valence-corrected chi connectivity index (χ4v) is 3.20. The lowest BCUT2D eigenvalue weighted by Crippen LogP contribution is -2.21. The quantitative estimate of drug-likeness (QED) is 0.697. The van der Waals surface area contributed by atoms with E-state index in [1.54, 1.807) is 0 Å². The van der Waals surface area contributed by atoms with Crippen LogP contribution in [0.1, 0.15) is 64.5 Å². The Morgan fingerprint density at radius 3 is 1.87 bits per heavy atom. The van der Waals surface area contributed by atoms with Gasteiger partial charge in [-0.3, -0.25) is 4.79 Å². The summed E-state index contributed by atoms with van der Waals surface area (Å²) in [7, 11) is 0. The minimum absolute atomic E-state index is 0.193. The van der Waals surface area contributed by atoms with Crippen molar-refractivity contribution in [1.82, 2.24) is 4.90 Å². The number of carbonyl (C=O) groups is 1. The number of rotatable bonds is 9. The Kier molecular flexibility index (Phi) is 5.85. The predicted molar refractivity (Wildman–Crippen MR) is 95.8 cm³/mol. The van der Waals surface area contributed by atoms with E-state index in [0.717, 1.165) is 37.8 Å². The van der Waals surface area contributed by atoms with Crippen LogP contribution >= 0.6 is 0 Å². The monoisotopic (exact) mass is 316 g/mol. The minimum atomic E-state index is -0.193. The molecule has 2 N–H and O–H groups in total. The van der Waals surface area contributed by atoms with Crippen LogP contribution in [-0.2, 0) is 17.9 Å². The molecule has 1 fully saturated rings. The van der Waals surface area contributed by atoms with Gasteiger partial charge in [-0.1, -0.05) is 52.0 Å². The Morgan fingerprint density at radius 1 is 0.957 bits per heavy atom. The molecular weight excluding hydrogens is 284 g/mol. The van der Waals surface area contributed by atoms with Crippen molar-refractivity contribution >= 4 is 5.91 Å². The van der Waals surface area contributed by atoms with Gasteiger partial charge in [0.25, 0.3) is 0 Å². The Balaban J connectivity index is 2.04. The summed E-state index contributed by atoms with van der Waals surface area (Å²) < 4.78 is 0. The number of amides is 1. The van der Waals surface area contributed by atoms with E-state index in [1.807, 2.05) is 0 Å². The average Bonchev–Trinajstić information content (AvgIpc) is 3.07. The predicted octanol–water partition coefficient (Wildman–Crippen LogP) is 4.10. The van der Waals surface area contributed by atoms with Crippen LogP contribution < -0.4 is 5.73 Å². The summed E-state index contributed by atoms with van der Waals surface area (Å²) in [5.74, 6) is 1.64. The zero-order valence-electron chi connectivity index (χ0n) is 15.1. The van der Waals surface area contributed by atoms with Crippen LogP contribution in [0.5, 0.6) is 0 Å². The first kappa shape index (κ1) is 18.0. The summed E-state index contributed by atoms with van der Waals surface area (Å²) in [5, 5.41) is 0. The zero-order valence-corrected chi connectivity index (χ0v) is 15.1. The van der Waals surface area contributed by atoms with Crippen molar-refractivity contribution in [3.63, 3.8) is 0 Å². The van der Waals surface area contributed by atoms with Crippen LogP contribution in [0.3, 0.4) is 0 Å². The van der Waals surface area contributed by atoms with E-state index >= 15 is 0 Å². The molecule has 0 bridgehead atoms. The molecule has 1 aliphatic heterocycles. The highest BCUT2D eigenvalue weighted by molar-refractivity contribution is 6.02. The lowest BCUT2D eigenvalue weighted by molar-refractivity contribution is -0.114. The zero-order chi connectivity index (χ0) is 17.0. The van der Waals surface area contributed by atoms with Gasteiger partial charge in [-0.2, -0.15) is 0 Å². The first-order valence-corrected chi connectivity index (χ1v) is 8.99. The van der Waals surface area contributed by atoms with Gasteiger partial charge >= 0.3 is 0 Å². The second-order valence-electron chi connectivity index (χ2n) is 7.81. The lowest BCUT2D eigenvalue weighted by atomic mass is 9.90. The molecule has 23 heavy (non-hydrogen) atoms. The summed E-state index contributed by atoms with van der Waals surface area (Å²) in [6.07, 6.45) is 4.23. The van der Waals surface area contributed by atoms with Gasteiger partial charge in [-0.15, -0.1) is 0 Å². The molecule has 0 atom stereocenters. The van der Waals surface area contributed by atoms with Gasteiger partial charge in [-0.05, 0) is 48.6 Å². The first-order valence-electron chi connectivity index (χ1n) is 8.99. The molecule has 3 heteroatoms. The van der Waals surface area contributed by atoms with Crippen LogP contribution in [0.25, 0.3) is 0 Å². The number of hydrogen-bond donors (Lipinski definition) is 1. The van der Waals surface area contributed by atoms with E-state index in [2.05, 4.69) is 56.9 Å². The summed E-state index contributed by atoms with van der Waals surface area (Å²) in [6.45, 7) is 10.2. The third kappa shape index (κ3) is 4.35. The molecule has 0 aliphatic carbocycles. The van der Waals surface area contributed by atoms with Crippen LogP contribution in [0.4, 0.5) is 0 Å². The molecule has 0 radical (unpaired) electrons. The molecule has 1 amide bonds. The van der Waals surface area contributed by atoms with Crippen molar-refractivity contribution in [1.29, 1.82) is 0 Å². The first-order chi connectivity index (χ1) is 10.9. The van der Waals surface area contributed by atoms with Gasteiger partial charge in [0.05, 0.1) is 0 Å². The van der Waals surface area contributed by atoms with Crippen molar-refractivity contribution in [2.45, 2.75) is 72.0 Å². The van der Waals surface area contributed by atoms with E-state index < -0.39 is 0 Å². The average molecular weight is 316 g/mol. The molecule has 1 aromatic carbocycles. The molecule has 2 rings (SSSR count). The van der Waals surface area contributed by atoms with Crippen molar-refractivity contribution in [3.8, 4) is 0 Å². The normalized spacial score (nSPS) is 16.5. The van der Waals surface area contributed by atoms with E-state index in [4.69, 9.17) is 5.73 Å². The third-order valence-corrected chi connectivity index (χ3v) is 4.98. The smallest absolute Gasteiger partial charge is 0.249 e. The second-order valence-corrected chi connectivity index (χ2v) is 7.81. The maximum atomic E-state index is 12.6. The van der Waals surface area contributed by atoms with Gasteiger partial charge in [0.2, 0.25) is 5.91 Å². The van der Waals surface area contributed by atoms with Crippen molar-refractivity contribution < 1.29 is 4.79 Å². The second kappa shape index (κ2) is 7.48. The van der Waals surface area contributed by atoms with Gasteiger partial charge in [0, 0.05) is 13.1 Å². The van der Waals surface area contributed by atoms with E-state index in [0.29, 0.717) is 24.3 Å². The molecule has 128 valence electrons. The molecule has 1 heterocycles. The largest absolute Gasteiger partial charge is 0.326 e. The number of benzene rings is 1. The number of hydrogen-bond acceptors (Lipinski definition) is 2. The highest BCUT2D eigenvalue weighted by atomic mass is 16.2. The van der Waals surface area contributed by atoms with Crippen LogP contribution in [0.2, 0.25) is 0 Å². The molecule has 0 saturated carbocycles. The Hall–Kier alpha value is -1.35. The van der Waals surface area contributed by atoms with Crippen molar-refractivity contribution in [2.24, 2.45) is 17.6 Å². The minimum Gasteiger partial charge on any atom is -0.326 e. The SMILES string of the molecule is CC(C)CCC1(CCC(C)C)C(=O)N1Cc1ccc(CN)cc1. The molecule has 1 aliphatic rings. The highest BCUT2D eigenvalue weighted by Crippen LogP contribution is 2.45. The van der Waals surface area contributed by atoms with E-state index in [-0.39, 0.29) is 5.54 Å². The van der Waals surface area contributed by atoms with Gasteiger partial charge in [0.1, 0.15) is 5.54 Å². The third-order valence-electron chi connectivity index (χ3n) is 4.98. The standard InChI is InChI=1S/C20H32N2O/c1-15(2)9-11-20(12-10-16(3)4)19(23)22(20)14-18-7-5-17(13-21)6-8-18/h5-8,15-16H,9-14,21H2,1-4H3. The molecule has 1 saturated heterocycles. The lowest BCUT2D eigenvalue weighted by Gasteiger charge is -2.18. The van der Waals surface area contributed by atoms with Gasteiger partial charge in [0.15, 0.2) is 0 Å². The van der Waals surface area contributed by atoms with Gasteiger partial charge in [-0.25, -0.2) is 0 Å². The summed E-state index contributed by atoms with van der Waals surface area (Å²) in [6, 6.07) is 8.33. The molecule has 0 aromatic heterocycles. The molecular formula is C20H32N2O. The molecule has 0 unspecified atom stereocenters. The summed E-state index contributed by atoms with van der Waals surface area (Å²) in [5.41, 5.74) is 7.79. The van der Waals surface area contributed by atoms with Gasteiger partial charge < -0.3 is 10.6 Å². The fraction of sp³-hybridized carbons (Fsp3) is 0.650. The number of carbonyl (C=O) groups excluding carboxylic acids is 1. The molecule has 3 nitrogen and oxygen atoms in total. The van der Waals surface area contributed by atoms with Crippen LogP contribution in [0, 0.1) is 11.8 Å². The van der Waals surface area contributed by atoms with Crippen LogP contribution in [0.15, 0.2) is 24.3 Å². The fourth-order valence-electron chi connectivity index (χ4n) is 3.20. The highest BCUT2D eigenvalue weighted by Gasteiger charge is 2.60. The molecule has 1 aromatic rings.